The molecule has 1 aliphatic rings. The van der Waals surface area contributed by atoms with Crippen molar-refractivity contribution in [1.82, 2.24) is 4.90 Å². The van der Waals surface area contributed by atoms with Gasteiger partial charge >= 0.3 is 0 Å². The fourth-order valence-electron chi connectivity index (χ4n) is 2.69. The summed E-state index contributed by atoms with van der Waals surface area (Å²) in [4.78, 5) is 2.48. The first kappa shape index (κ1) is 16.5. The zero-order valence-electron chi connectivity index (χ0n) is 13.2. The predicted octanol–water partition coefficient (Wildman–Crippen LogP) is 4.51. The minimum absolute atomic E-state index is 0.855. The number of hydrogen-bond donors (Lipinski definition) is 0. The third kappa shape index (κ3) is 5.34. The number of rotatable bonds is 6. The fraction of sp³-hybridized carbons (Fsp3) is 0.368. The van der Waals surface area contributed by atoms with E-state index in [0.717, 1.165) is 55.2 Å². The van der Waals surface area contributed by atoms with Gasteiger partial charge in [0.05, 0.1) is 13.2 Å². The summed E-state index contributed by atoms with van der Waals surface area (Å²) < 4.78 is 12.3. The lowest BCUT2D eigenvalue weighted by atomic mass is 10.1. The van der Waals surface area contributed by atoms with E-state index >= 15 is 0 Å². The van der Waals surface area contributed by atoms with Crippen LogP contribution >= 0.6 is 15.9 Å². The number of nitrogens with zero attached hydrogens (tertiary/aromatic N) is 1. The molecule has 0 spiro atoms. The van der Waals surface area contributed by atoms with Crippen LogP contribution in [0, 0.1) is 0 Å². The number of halogens is 1. The van der Waals surface area contributed by atoms with Gasteiger partial charge in [-0.25, -0.2) is 0 Å². The molecule has 3 rings (SSSR count). The van der Waals surface area contributed by atoms with Crippen LogP contribution in [0.15, 0.2) is 53.0 Å². The standard InChI is InChI=1S/C19H22BrNO2/c20-17-5-9-19(10-6-17)23-18-7-3-16(4-8-18)2-1-11-21-12-14-22-15-13-21/h3-10H,1-2,11-15H2. The maximum atomic E-state index is 5.85. The van der Waals surface area contributed by atoms with Crippen LogP contribution in [0.4, 0.5) is 0 Å². The lowest BCUT2D eigenvalue weighted by Gasteiger charge is -2.26. The van der Waals surface area contributed by atoms with Crippen LogP contribution < -0.4 is 4.74 Å². The van der Waals surface area contributed by atoms with Crippen molar-refractivity contribution < 1.29 is 9.47 Å². The lowest BCUT2D eigenvalue weighted by Crippen LogP contribution is -2.36. The van der Waals surface area contributed by atoms with Gasteiger partial charge in [-0.1, -0.05) is 28.1 Å². The molecule has 23 heavy (non-hydrogen) atoms. The van der Waals surface area contributed by atoms with E-state index in [1.54, 1.807) is 0 Å². The molecule has 3 nitrogen and oxygen atoms in total. The first-order valence-electron chi connectivity index (χ1n) is 8.12. The summed E-state index contributed by atoms with van der Waals surface area (Å²) in [5, 5.41) is 0. The molecule has 0 saturated carbocycles. The molecule has 2 aromatic rings. The summed E-state index contributed by atoms with van der Waals surface area (Å²) in [7, 11) is 0. The number of ether oxygens (including phenoxy) is 2. The first-order valence-corrected chi connectivity index (χ1v) is 8.91. The smallest absolute Gasteiger partial charge is 0.127 e. The summed E-state index contributed by atoms with van der Waals surface area (Å²) in [6.45, 7) is 5.05. The molecule has 0 N–H and O–H groups in total. The summed E-state index contributed by atoms with van der Waals surface area (Å²) in [5.41, 5.74) is 1.36. The second-order valence-electron chi connectivity index (χ2n) is 5.76. The highest BCUT2D eigenvalue weighted by atomic mass is 79.9. The van der Waals surface area contributed by atoms with Crippen molar-refractivity contribution in [2.75, 3.05) is 32.8 Å². The van der Waals surface area contributed by atoms with Gasteiger partial charge in [-0.3, -0.25) is 4.90 Å². The lowest BCUT2D eigenvalue weighted by molar-refractivity contribution is 0.0374. The molecule has 4 heteroatoms. The van der Waals surface area contributed by atoms with Crippen LogP contribution in [0.2, 0.25) is 0 Å². The highest BCUT2D eigenvalue weighted by molar-refractivity contribution is 9.10. The Hall–Kier alpha value is -1.36. The molecule has 0 bridgehead atoms. The molecule has 1 heterocycles. The maximum Gasteiger partial charge on any atom is 0.127 e. The maximum absolute atomic E-state index is 5.85. The van der Waals surface area contributed by atoms with Crippen LogP contribution in [0.1, 0.15) is 12.0 Å². The first-order chi connectivity index (χ1) is 11.3. The highest BCUT2D eigenvalue weighted by Gasteiger charge is 2.09. The minimum atomic E-state index is 0.855. The SMILES string of the molecule is Brc1ccc(Oc2ccc(CCCN3CCOCC3)cc2)cc1. The molecule has 0 amide bonds. The average Bonchev–Trinajstić information content (AvgIpc) is 2.59. The summed E-state index contributed by atoms with van der Waals surface area (Å²) >= 11 is 3.43. The molecule has 1 saturated heterocycles. The normalized spacial score (nSPS) is 15.5. The zero-order chi connectivity index (χ0) is 15.9. The number of morpholine rings is 1. The Labute approximate surface area is 146 Å². The third-order valence-electron chi connectivity index (χ3n) is 4.02. The van der Waals surface area contributed by atoms with Crippen molar-refractivity contribution in [3.63, 3.8) is 0 Å². The van der Waals surface area contributed by atoms with E-state index in [9.17, 15) is 0 Å². The Morgan fingerprint density at radius 1 is 0.913 bits per heavy atom. The van der Waals surface area contributed by atoms with Crippen LogP contribution in [0.3, 0.4) is 0 Å². The molecule has 1 fully saturated rings. The quantitative estimate of drug-likeness (QED) is 0.741. The Kier molecular flexibility index (Phi) is 6.08. The van der Waals surface area contributed by atoms with Gasteiger partial charge in [-0.15, -0.1) is 0 Å². The Bertz CT molecular complexity index is 592. The van der Waals surface area contributed by atoms with Gasteiger partial charge < -0.3 is 9.47 Å². The van der Waals surface area contributed by atoms with Crippen molar-refractivity contribution in [2.24, 2.45) is 0 Å². The molecular weight excluding hydrogens is 354 g/mol. The van der Waals surface area contributed by atoms with Crippen molar-refractivity contribution in [3.8, 4) is 11.5 Å². The molecule has 2 aromatic carbocycles. The largest absolute Gasteiger partial charge is 0.457 e. The van der Waals surface area contributed by atoms with Gasteiger partial charge in [0.2, 0.25) is 0 Å². The van der Waals surface area contributed by atoms with Gasteiger partial charge in [0, 0.05) is 17.6 Å². The molecule has 0 unspecified atom stereocenters. The van der Waals surface area contributed by atoms with E-state index < -0.39 is 0 Å². The van der Waals surface area contributed by atoms with E-state index in [4.69, 9.17) is 9.47 Å². The predicted molar refractivity (Wildman–Crippen MR) is 96.2 cm³/mol. The van der Waals surface area contributed by atoms with Crippen molar-refractivity contribution in [3.05, 3.63) is 58.6 Å². The van der Waals surface area contributed by atoms with Crippen LogP contribution in [-0.2, 0) is 11.2 Å². The van der Waals surface area contributed by atoms with Gasteiger partial charge in [0.15, 0.2) is 0 Å². The molecule has 0 radical (unpaired) electrons. The summed E-state index contributed by atoms with van der Waals surface area (Å²) in [6, 6.07) is 16.3. The Balaban J connectivity index is 1.45. The van der Waals surface area contributed by atoms with Crippen molar-refractivity contribution in [2.45, 2.75) is 12.8 Å². The highest BCUT2D eigenvalue weighted by Crippen LogP contribution is 2.23. The van der Waals surface area contributed by atoms with Crippen LogP contribution in [0.25, 0.3) is 0 Å². The van der Waals surface area contributed by atoms with Gasteiger partial charge in [-0.05, 0) is 61.3 Å². The third-order valence-corrected chi connectivity index (χ3v) is 4.54. The van der Waals surface area contributed by atoms with Crippen molar-refractivity contribution >= 4 is 15.9 Å². The monoisotopic (exact) mass is 375 g/mol. The topological polar surface area (TPSA) is 21.7 Å². The Morgan fingerprint density at radius 2 is 1.52 bits per heavy atom. The van der Waals surface area contributed by atoms with Gasteiger partial charge in [0.1, 0.15) is 11.5 Å². The summed E-state index contributed by atoms with van der Waals surface area (Å²) in [6.07, 6.45) is 2.29. The second-order valence-corrected chi connectivity index (χ2v) is 6.67. The van der Waals surface area contributed by atoms with Crippen LogP contribution in [0.5, 0.6) is 11.5 Å². The number of hydrogen-bond acceptors (Lipinski definition) is 3. The van der Waals surface area contributed by atoms with Gasteiger partial charge in [-0.2, -0.15) is 0 Å². The second kappa shape index (κ2) is 8.48. The number of benzene rings is 2. The number of aryl methyl sites for hydroxylation is 1. The Morgan fingerprint density at radius 3 is 2.17 bits per heavy atom. The zero-order valence-corrected chi connectivity index (χ0v) is 14.8. The van der Waals surface area contributed by atoms with Crippen molar-refractivity contribution in [1.29, 1.82) is 0 Å². The van der Waals surface area contributed by atoms with E-state index in [-0.39, 0.29) is 0 Å². The average molecular weight is 376 g/mol. The molecule has 0 atom stereocenters. The van der Waals surface area contributed by atoms with E-state index in [2.05, 4.69) is 33.0 Å². The molecule has 0 aromatic heterocycles. The summed E-state index contributed by atoms with van der Waals surface area (Å²) in [5.74, 6) is 1.73. The van der Waals surface area contributed by atoms with Crippen LogP contribution in [-0.4, -0.2) is 37.7 Å². The van der Waals surface area contributed by atoms with E-state index in [1.165, 1.54) is 12.0 Å². The molecule has 0 aliphatic carbocycles. The molecule has 122 valence electrons. The van der Waals surface area contributed by atoms with E-state index in [0.29, 0.717) is 0 Å². The van der Waals surface area contributed by atoms with Gasteiger partial charge in [0.25, 0.3) is 0 Å². The molecule has 1 aliphatic heterocycles. The van der Waals surface area contributed by atoms with E-state index in [1.807, 2.05) is 36.4 Å². The molecular formula is C19H22BrNO2. The minimum Gasteiger partial charge on any atom is -0.457 e. The fourth-order valence-corrected chi connectivity index (χ4v) is 2.96.